The van der Waals surface area contributed by atoms with Crippen LogP contribution in [0, 0.1) is 6.08 Å². The Morgan fingerprint density at radius 1 is 0.833 bits per heavy atom. The number of halogens is 2. The van der Waals surface area contributed by atoms with Crippen molar-refractivity contribution >= 4 is 57.9 Å². The molecule has 0 bridgehead atoms. The van der Waals surface area contributed by atoms with Gasteiger partial charge in [-0.3, -0.25) is 6.08 Å². The summed E-state index contributed by atoms with van der Waals surface area (Å²) in [5.41, 5.74) is 0. The van der Waals surface area contributed by atoms with Crippen LogP contribution in [0.1, 0.15) is 6.42 Å². The average Bonchev–Trinajstić information content (AvgIpc) is 3.53. The molecule has 0 radical (unpaired) electrons. The Morgan fingerprint density at radius 3 is 1.97 bits per heavy atom. The molecule has 4 heteroatoms. The van der Waals surface area contributed by atoms with E-state index in [0.29, 0.717) is 0 Å². The number of hydrogen-bond donors (Lipinski definition) is 0. The normalized spacial score (nSPS) is 11.9. The van der Waals surface area contributed by atoms with Crippen molar-refractivity contribution in [3.05, 3.63) is 109 Å². The molecule has 0 spiro atoms. The second-order valence-electron chi connectivity index (χ2n) is 6.79. The van der Waals surface area contributed by atoms with Gasteiger partial charge in [-0.05, 0) is 10.8 Å². The predicted octanol–water partition coefficient (Wildman–Crippen LogP) is 9.52. The van der Waals surface area contributed by atoms with Crippen LogP contribution in [0.4, 0.5) is 0 Å². The second kappa shape index (κ2) is 10.6. The predicted molar refractivity (Wildman–Crippen MR) is 132 cm³/mol. The van der Waals surface area contributed by atoms with Gasteiger partial charge in [0.05, 0.1) is 0 Å². The molecule has 0 fully saturated rings. The Bertz CT molecular complexity index is 1230. The van der Waals surface area contributed by atoms with Gasteiger partial charge in [0.25, 0.3) is 0 Å². The smallest absolute Gasteiger partial charge is 0.00532 e. The summed E-state index contributed by atoms with van der Waals surface area (Å²) in [6, 6.07) is 31.2. The van der Waals surface area contributed by atoms with E-state index in [0.717, 1.165) is 6.42 Å². The zero-order valence-corrected chi connectivity index (χ0v) is 20.2. The maximum absolute atomic E-state index is 4.89. The van der Waals surface area contributed by atoms with Gasteiger partial charge in [0.2, 0.25) is 0 Å². The first-order chi connectivity index (χ1) is 14.8. The molecule has 0 amide bonds. The zero-order valence-electron chi connectivity index (χ0n) is 16.2. The molecule has 1 aliphatic rings. The Morgan fingerprint density at radius 2 is 1.43 bits per heavy atom. The summed E-state index contributed by atoms with van der Waals surface area (Å²) in [7, 11) is 9.36. The largest absolute Gasteiger partial charge is 0.157 e. The van der Waals surface area contributed by atoms with E-state index in [2.05, 4.69) is 97.1 Å². The Hall–Kier alpha value is -1.66. The molecule has 0 nitrogen and oxygen atoms in total. The van der Waals surface area contributed by atoms with Gasteiger partial charge >= 0.3 is 35.6 Å². The number of allylic oxidation sites excluding steroid dienone is 4. The third kappa shape index (κ3) is 4.65. The van der Waals surface area contributed by atoms with Crippen molar-refractivity contribution in [3.63, 3.8) is 0 Å². The molecular weight excluding hydrogens is 462 g/mol. The molecule has 1 aromatic heterocycles. The molecule has 0 N–H and O–H groups in total. The Labute approximate surface area is 194 Å². The SMILES string of the molecule is [C-]1=CC=CC1.[Cl][Ti][Cl].c1ccc2[cH-]c(-p3c4ccccc4c4ccccc43)cc2c1. The first-order valence-electron chi connectivity index (χ1n) is 9.65. The van der Waals surface area contributed by atoms with Crippen molar-refractivity contribution in [2.75, 3.05) is 0 Å². The average molecular weight is 481 g/mol. The molecule has 30 heavy (non-hydrogen) atoms. The van der Waals surface area contributed by atoms with Crippen molar-refractivity contribution in [2.24, 2.45) is 0 Å². The summed E-state index contributed by atoms with van der Waals surface area (Å²) in [4.78, 5) is 0. The number of hydrogen-bond acceptors (Lipinski definition) is 0. The molecule has 5 aromatic rings. The monoisotopic (exact) mass is 480 g/mol. The molecule has 6 rings (SSSR count). The van der Waals surface area contributed by atoms with Crippen LogP contribution < -0.4 is 0 Å². The van der Waals surface area contributed by atoms with Crippen molar-refractivity contribution in [2.45, 2.75) is 6.42 Å². The van der Waals surface area contributed by atoms with E-state index in [9.17, 15) is 0 Å². The van der Waals surface area contributed by atoms with Crippen LogP contribution in [0.15, 0.2) is 103 Å². The minimum atomic E-state index is -0.556. The van der Waals surface area contributed by atoms with Crippen LogP contribution in [-0.4, -0.2) is 0 Å². The topological polar surface area (TPSA) is 0 Å². The minimum absolute atomic E-state index is 0.419. The van der Waals surface area contributed by atoms with Crippen molar-refractivity contribution in [1.29, 1.82) is 0 Å². The first kappa shape index (κ1) is 21.6. The van der Waals surface area contributed by atoms with Gasteiger partial charge in [0.15, 0.2) is 0 Å². The van der Waals surface area contributed by atoms with Crippen LogP contribution >= 0.6 is 26.1 Å². The minimum Gasteiger partial charge on any atom is -0.157 e. The van der Waals surface area contributed by atoms with E-state index >= 15 is 0 Å². The fraction of sp³-hybridized carbons (Fsp3) is 0.0385. The van der Waals surface area contributed by atoms with E-state index in [1.165, 1.54) is 37.1 Å². The summed E-state index contributed by atoms with van der Waals surface area (Å²) in [6.07, 6.45) is 10.0. The standard InChI is InChI=1S/C21H14P.C5H5.2ClH.Ti/c1-2-8-16-14-17(13-15(16)7-1)22-20-11-5-3-9-18(20)19-10-4-6-12-21(19)22;1-2-4-5-3-1;;;/h1-14H;1-3H,4H2;2*1H;/q2*-1;;;+2/p-2. The van der Waals surface area contributed by atoms with Crippen molar-refractivity contribution in [1.82, 2.24) is 0 Å². The summed E-state index contributed by atoms with van der Waals surface area (Å²) in [5, 5.41) is 9.98. The maximum Gasteiger partial charge on any atom is 0.00532 e. The van der Waals surface area contributed by atoms with Crippen molar-refractivity contribution < 1.29 is 17.0 Å². The van der Waals surface area contributed by atoms with Gasteiger partial charge in [-0.25, -0.2) is 12.2 Å². The van der Waals surface area contributed by atoms with Crippen LogP contribution in [-0.2, 0) is 17.0 Å². The third-order valence-electron chi connectivity index (χ3n) is 5.03. The van der Waals surface area contributed by atoms with Crippen molar-refractivity contribution in [3.8, 4) is 5.30 Å². The molecule has 1 aliphatic carbocycles. The van der Waals surface area contributed by atoms with Gasteiger partial charge in [-0.2, -0.15) is 12.1 Å². The van der Waals surface area contributed by atoms with Gasteiger partial charge in [-0.15, -0.1) is 41.5 Å². The van der Waals surface area contributed by atoms with Crippen LogP contribution in [0.3, 0.4) is 0 Å². The number of rotatable bonds is 1. The maximum atomic E-state index is 4.89. The summed E-state index contributed by atoms with van der Waals surface area (Å²) < 4.78 is 0. The van der Waals surface area contributed by atoms with Crippen LogP contribution in [0.2, 0.25) is 0 Å². The summed E-state index contributed by atoms with van der Waals surface area (Å²) in [5.74, 6) is 0. The molecule has 0 aliphatic heterocycles. The first-order valence-corrected chi connectivity index (χ1v) is 15.3. The zero-order chi connectivity index (χ0) is 20.8. The number of benzene rings is 3. The van der Waals surface area contributed by atoms with E-state index in [4.69, 9.17) is 18.6 Å². The summed E-state index contributed by atoms with van der Waals surface area (Å²) in [6.45, 7) is 0. The van der Waals surface area contributed by atoms with E-state index in [-0.39, 0.29) is 0 Å². The molecule has 0 saturated heterocycles. The fourth-order valence-electron chi connectivity index (χ4n) is 3.80. The van der Waals surface area contributed by atoms with Gasteiger partial charge in [-0.1, -0.05) is 67.4 Å². The molecule has 0 unspecified atom stereocenters. The molecule has 0 atom stereocenters. The van der Waals surface area contributed by atoms with Gasteiger partial charge in [0, 0.05) is 10.2 Å². The number of fused-ring (bicyclic) bond motifs is 4. The molecule has 148 valence electrons. The Balaban J connectivity index is 0.000000233. The quantitative estimate of drug-likeness (QED) is 0.165. The second-order valence-corrected chi connectivity index (χ2v) is 11.5. The van der Waals surface area contributed by atoms with Crippen LogP contribution in [0.25, 0.3) is 37.1 Å². The molecule has 1 heterocycles. The molecule has 4 aromatic carbocycles. The third-order valence-corrected chi connectivity index (χ3v) is 7.55. The van der Waals surface area contributed by atoms with E-state index in [1.807, 2.05) is 12.2 Å². The molecule has 0 saturated carbocycles. The molecular formula is C26H19Cl2PTi-2. The fourth-order valence-corrected chi connectivity index (χ4v) is 6.50. The van der Waals surface area contributed by atoms with Crippen LogP contribution in [0.5, 0.6) is 0 Å². The van der Waals surface area contributed by atoms with E-state index in [1.54, 1.807) is 0 Å². The van der Waals surface area contributed by atoms with Gasteiger partial charge in [0.1, 0.15) is 0 Å². The summed E-state index contributed by atoms with van der Waals surface area (Å²) >= 11 is -0.556. The van der Waals surface area contributed by atoms with Gasteiger partial charge < -0.3 is 0 Å². The Kier molecular flexibility index (Phi) is 7.61. The van der Waals surface area contributed by atoms with E-state index < -0.39 is 24.6 Å².